The van der Waals surface area contributed by atoms with Crippen LogP contribution in [0.1, 0.15) is 17.3 Å². The van der Waals surface area contributed by atoms with Gasteiger partial charge in [0.2, 0.25) is 0 Å². The van der Waals surface area contributed by atoms with E-state index in [1.165, 1.54) is 6.20 Å². The van der Waals surface area contributed by atoms with Crippen LogP contribution in [0.4, 0.5) is 0 Å². The SMILES string of the molecule is CC(C#N)NC(=O)c1cccnc1. The average molecular weight is 175 g/mol. The summed E-state index contributed by atoms with van der Waals surface area (Å²) in [6, 6.07) is 4.75. The lowest BCUT2D eigenvalue weighted by atomic mass is 10.2. The standard InChI is InChI=1S/C9H9N3O/c1-7(5-10)12-9(13)8-3-2-4-11-6-8/h2-4,6-7H,1H3,(H,12,13). The minimum atomic E-state index is -0.479. The van der Waals surface area contributed by atoms with Crippen LogP contribution >= 0.6 is 0 Å². The van der Waals surface area contributed by atoms with Crippen LogP contribution in [0.2, 0.25) is 0 Å². The highest BCUT2D eigenvalue weighted by Crippen LogP contribution is 1.95. The van der Waals surface area contributed by atoms with Crippen molar-refractivity contribution in [3.8, 4) is 6.07 Å². The van der Waals surface area contributed by atoms with Crippen LogP contribution in [0.3, 0.4) is 0 Å². The van der Waals surface area contributed by atoms with E-state index in [0.29, 0.717) is 5.56 Å². The molecule has 0 aliphatic heterocycles. The lowest BCUT2D eigenvalue weighted by Gasteiger charge is -2.04. The fraction of sp³-hybridized carbons (Fsp3) is 0.222. The zero-order valence-electron chi connectivity index (χ0n) is 7.19. The van der Waals surface area contributed by atoms with Gasteiger partial charge in [-0.05, 0) is 19.1 Å². The molecule has 66 valence electrons. The van der Waals surface area contributed by atoms with Gasteiger partial charge in [-0.1, -0.05) is 0 Å². The molecule has 0 spiro atoms. The molecular weight excluding hydrogens is 166 g/mol. The first kappa shape index (κ1) is 9.20. The van der Waals surface area contributed by atoms with Gasteiger partial charge in [-0.2, -0.15) is 5.26 Å². The molecule has 0 aromatic carbocycles. The number of nitrogens with zero attached hydrogens (tertiary/aromatic N) is 2. The molecule has 0 radical (unpaired) electrons. The summed E-state index contributed by atoms with van der Waals surface area (Å²) in [7, 11) is 0. The van der Waals surface area contributed by atoms with E-state index in [0.717, 1.165) is 0 Å². The number of carbonyl (C=O) groups excluding carboxylic acids is 1. The second kappa shape index (κ2) is 4.21. The van der Waals surface area contributed by atoms with Crippen molar-refractivity contribution in [1.82, 2.24) is 10.3 Å². The van der Waals surface area contributed by atoms with Gasteiger partial charge in [0.05, 0.1) is 11.6 Å². The van der Waals surface area contributed by atoms with Crippen molar-refractivity contribution < 1.29 is 4.79 Å². The van der Waals surface area contributed by atoms with Crippen LogP contribution in [-0.4, -0.2) is 16.9 Å². The minimum Gasteiger partial charge on any atom is -0.336 e. The molecule has 1 rings (SSSR count). The third kappa shape index (κ3) is 2.56. The van der Waals surface area contributed by atoms with Crippen LogP contribution in [-0.2, 0) is 0 Å². The van der Waals surface area contributed by atoms with Gasteiger partial charge < -0.3 is 5.32 Å². The Bertz CT molecular complexity index is 328. The molecule has 1 atom stereocenters. The van der Waals surface area contributed by atoms with Crippen molar-refractivity contribution in [3.63, 3.8) is 0 Å². The molecule has 0 saturated carbocycles. The van der Waals surface area contributed by atoms with E-state index >= 15 is 0 Å². The maximum Gasteiger partial charge on any atom is 0.253 e. The number of pyridine rings is 1. The monoisotopic (exact) mass is 175 g/mol. The summed E-state index contributed by atoms with van der Waals surface area (Å²) in [6.07, 6.45) is 3.05. The molecule has 0 aliphatic carbocycles. The fourth-order valence-corrected chi connectivity index (χ4v) is 0.809. The van der Waals surface area contributed by atoms with Gasteiger partial charge in [0, 0.05) is 12.4 Å². The van der Waals surface area contributed by atoms with Crippen molar-refractivity contribution in [2.45, 2.75) is 13.0 Å². The zero-order valence-corrected chi connectivity index (χ0v) is 7.19. The summed E-state index contributed by atoms with van der Waals surface area (Å²) in [5, 5.41) is 11.0. The molecule has 0 bridgehead atoms. The zero-order chi connectivity index (χ0) is 9.68. The number of nitriles is 1. The lowest BCUT2D eigenvalue weighted by molar-refractivity contribution is 0.0947. The second-order valence-electron chi connectivity index (χ2n) is 2.57. The van der Waals surface area contributed by atoms with Gasteiger partial charge in [-0.15, -0.1) is 0 Å². The number of rotatable bonds is 2. The second-order valence-corrected chi connectivity index (χ2v) is 2.57. The maximum atomic E-state index is 11.3. The number of amides is 1. The van der Waals surface area contributed by atoms with Crippen LogP contribution in [0, 0.1) is 11.3 Å². The Hall–Kier alpha value is -1.89. The fourth-order valence-electron chi connectivity index (χ4n) is 0.809. The lowest BCUT2D eigenvalue weighted by Crippen LogP contribution is -2.31. The summed E-state index contributed by atoms with van der Waals surface area (Å²) in [5.41, 5.74) is 0.463. The van der Waals surface area contributed by atoms with E-state index in [9.17, 15) is 4.79 Å². The van der Waals surface area contributed by atoms with Gasteiger partial charge in [-0.3, -0.25) is 9.78 Å². The van der Waals surface area contributed by atoms with E-state index in [4.69, 9.17) is 5.26 Å². The Morgan fingerprint density at radius 1 is 1.77 bits per heavy atom. The molecule has 4 nitrogen and oxygen atoms in total. The van der Waals surface area contributed by atoms with Gasteiger partial charge in [0.1, 0.15) is 6.04 Å². The molecule has 13 heavy (non-hydrogen) atoms. The molecule has 4 heteroatoms. The Kier molecular flexibility index (Phi) is 2.98. The summed E-state index contributed by atoms with van der Waals surface area (Å²) < 4.78 is 0. The van der Waals surface area contributed by atoms with Crippen molar-refractivity contribution in [2.75, 3.05) is 0 Å². The molecule has 0 aliphatic rings. The maximum absolute atomic E-state index is 11.3. The van der Waals surface area contributed by atoms with E-state index in [2.05, 4.69) is 10.3 Å². The van der Waals surface area contributed by atoms with E-state index < -0.39 is 6.04 Å². The normalized spacial score (nSPS) is 11.4. The molecular formula is C9H9N3O. The van der Waals surface area contributed by atoms with Crippen molar-refractivity contribution >= 4 is 5.91 Å². The predicted octanol–water partition coefficient (Wildman–Crippen LogP) is 0.723. The first-order chi connectivity index (χ1) is 6.24. The summed E-state index contributed by atoms with van der Waals surface area (Å²) in [6.45, 7) is 1.62. The topological polar surface area (TPSA) is 65.8 Å². The van der Waals surface area contributed by atoms with Crippen LogP contribution in [0.5, 0.6) is 0 Å². The summed E-state index contributed by atoms with van der Waals surface area (Å²) in [5.74, 6) is -0.276. The first-order valence-corrected chi connectivity index (χ1v) is 3.84. The van der Waals surface area contributed by atoms with Gasteiger partial charge in [0.15, 0.2) is 0 Å². The van der Waals surface area contributed by atoms with Crippen LogP contribution in [0.15, 0.2) is 24.5 Å². The highest BCUT2D eigenvalue weighted by atomic mass is 16.1. The molecule has 0 saturated heterocycles. The molecule has 0 fully saturated rings. The predicted molar refractivity (Wildman–Crippen MR) is 46.8 cm³/mol. The molecule has 1 amide bonds. The van der Waals surface area contributed by atoms with E-state index in [1.807, 2.05) is 6.07 Å². The number of nitrogens with one attached hydrogen (secondary N) is 1. The Balaban J connectivity index is 2.66. The Morgan fingerprint density at radius 3 is 3.08 bits per heavy atom. The van der Waals surface area contributed by atoms with Crippen LogP contribution < -0.4 is 5.32 Å². The molecule has 1 N–H and O–H groups in total. The largest absolute Gasteiger partial charge is 0.336 e. The molecule has 1 heterocycles. The highest BCUT2D eigenvalue weighted by molar-refractivity contribution is 5.94. The Morgan fingerprint density at radius 2 is 2.54 bits per heavy atom. The summed E-state index contributed by atoms with van der Waals surface area (Å²) >= 11 is 0. The third-order valence-electron chi connectivity index (χ3n) is 1.46. The molecule has 1 unspecified atom stereocenters. The first-order valence-electron chi connectivity index (χ1n) is 3.84. The number of aromatic nitrogens is 1. The quantitative estimate of drug-likeness (QED) is 0.720. The summed E-state index contributed by atoms with van der Waals surface area (Å²) in [4.78, 5) is 15.1. The third-order valence-corrected chi connectivity index (χ3v) is 1.46. The van der Waals surface area contributed by atoms with Gasteiger partial charge in [-0.25, -0.2) is 0 Å². The Labute approximate surface area is 76.2 Å². The minimum absolute atomic E-state index is 0.276. The average Bonchev–Trinajstić information content (AvgIpc) is 2.19. The molecule has 1 aromatic heterocycles. The van der Waals surface area contributed by atoms with E-state index in [-0.39, 0.29) is 5.91 Å². The number of hydrogen-bond acceptors (Lipinski definition) is 3. The van der Waals surface area contributed by atoms with Crippen molar-refractivity contribution in [2.24, 2.45) is 0 Å². The van der Waals surface area contributed by atoms with E-state index in [1.54, 1.807) is 25.3 Å². The van der Waals surface area contributed by atoms with Gasteiger partial charge in [0.25, 0.3) is 5.91 Å². The van der Waals surface area contributed by atoms with Crippen molar-refractivity contribution in [1.29, 1.82) is 5.26 Å². The van der Waals surface area contributed by atoms with Crippen LogP contribution in [0.25, 0.3) is 0 Å². The smallest absolute Gasteiger partial charge is 0.253 e. The van der Waals surface area contributed by atoms with Gasteiger partial charge >= 0.3 is 0 Å². The van der Waals surface area contributed by atoms with Crippen molar-refractivity contribution in [3.05, 3.63) is 30.1 Å². The highest BCUT2D eigenvalue weighted by Gasteiger charge is 2.07. The number of hydrogen-bond donors (Lipinski definition) is 1. The molecule has 1 aromatic rings. The number of carbonyl (C=O) groups is 1.